The zero-order chi connectivity index (χ0) is 21.9. The van der Waals surface area contributed by atoms with E-state index in [1.807, 2.05) is 0 Å². The molecule has 5 rings (SSSR count). The van der Waals surface area contributed by atoms with Gasteiger partial charge in [-0.15, -0.1) is 0 Å². The standard InChI is InChI=1S/C19H15N7O5/c1-31-7-4-2-6(3-5-7)8-9-12(20)11-15(24-19(30)26-17(11)28)22-13(9)21-14-10(8)16(27)25-18(29)23-14/h2-5,8H,1H3,(H7,20,21,22,23,24,25,26,27,28,29,30). The van der Waals surface area contributed by atoms with Gasteiger partial charge in [0.15, 0.2) is 5.65 Å². The average molecular weight is 421 g/mol. The topological polar surface area (TPSA) is 192 Å². The second-order valence-corrected chi connectivity index (χ2v) is 6.95. The molecule has 31 heavy (non-hydrogen) atoms. The normalized spacial score (nSPS) is 14.5. The number of rotatable bonds is 2. The van der Waals surface area contributed by atoms with E-state index in [4.69, 9.17) is 10.5 Å². The largest absolute Gasteiger partial charge is 0.497 e. The molecule has 12 nitrogen and oxygen atoms in total. The molecule has 0 saturated heterocycles. The van der Waals surface area contributed by atoms with Crippen LogP contribution in [0.1, 0.15) is 22.6 Å². The van der Waals surface area contributed by atoms with Gasteiger partial charge in [0, 0.05) is 11.5 Å². The number of anilines is 3. The van der Waals surface area contributed by atoms with Gasteiger partial charge in [0.25, 0.3) is 11.1 Å². The highest BCUT2D eigenvalue weighted by Gasteiger charge is 2.34. The van der Waals surface area contributed by atoms with Crippen molar-refractivity contribution in [3.63, 3.8) is 0 Å². The summed E-state index contributed by atoms with van der Waals surface area (Å²) in [7, 11) is 1.53. The second kappa shape index (κ2) is 6.45. The van der Waals surface area contributed by atoms with Crippen LogP contribution in [-0.2, 0) is 0 Å². The Hall–Kier alpha value is -4.61. The van der Waals surface area contributed by atoms with E-state index in [2.05, 4.69) is 30.2 Å². The Morgan fingerprint density at radius 3 is 2.29 bits per heavy atom. The number of nitrogens with one attached hydrogen (secondary N) is 5. The van der Waals surface area contributed by atoms with Crippen LogP contribution in [0.3, 0.4) is 0 Å². The summed E-state index contributed by atoms with van der Waals surface area (Å²) in [5.74, 6) is 0.175. The van der Waals surface area contributed by atoms with Crippen molar-refractivity contribution in [2.24, 2.45) is 0 Å². The van der Waals surface area contributed by atoms with E-state index in [0.717, 1.165) is 0 Å². The molecule has 1 aliphatic heterocycles. The molecule has 1 unspecified atom stereocenters. The van der Waals surface area contributed by atoms with Gasteiger partial charge in [-0.2, -0.15) is 0 Å². The molecule has 12 heteroatoms. The summed E-state index contributed by atoms with van der Waals surface area (Å²) in [6, 6.07) is 6.92. The molecule has 0 fully saturated rings. The molecule has 7 N–H and O–H groups in total. The van der Waals surface area contributed by atoms with Crippen molar-refractivity contribution >= 4 is 28.4 Å². The van der Waals surface area contributed by atoms with Crippen LogP contribution in [0.2, 0.25) is 0 Å². The number of hydrogen-bond acceptors (Lipinski definition) is 8. The van der Waals surface area contributed by atoms with E-state index in [1.54, 1.807) is 24.3 Å². The Kier molecular flexibility index (Phi) is 3.83. The van der Waals surface area contributed by atoms with E-state index < -0.39 is 28.4 Å². The first-order chi connectivity index (χ1) is 14.9. The Morgan fingerprint density at radius 2 is 1.58 bits per heavy atom. The summed E-state index contributed by atoms with van der Waals surface area (Å²) in [4.78, 5) is 62.5. The van der Waals surface area contributed by atoms with Crippen LogP contribution >= 0.6 is 0 Å². The van der Waals surface area contributed by atoms with Gasteiger partial charge in [0.2, 0.25) is 0 Å². The molecule has 1 aromatic carbocycles. The van der Waals surface area contributed by atoms with Crippen LogP contribution in [-0.4, -0.2) is 32.0 Å². The molecule has 0 saturated carbocycles. The molecule has 3 aromatic heterocycles. The van der Waals surface area contributed by atoms with Crippen LogP contribution in [0.25, 0.3) is 11.0 Å². The molecule has 1 aliphatic rings. The predicted molar refractivity (Wildman–Crippen MR) is 112 cm³/mol. The Bertz CT molecular complexity index is 1590. The third kappa shape index (κ3) is 2.73. The first-order valence-electron chi connectivity index (χ1n) is 9.10. The van der Waals surface area contributed by atoms with E-state index in [9.17, 15) is 19.2 Å². The fraction of sp³-hybridized carbons (Fsp3) is 0.105. The van der Waals surface area contributed by atoms with Gasteiger partial charge in [-0.05, 0) is 17.7 Å². The fourth-order valence-corrected chi connectivity index (χ4v) is 3.89. The van der Waals surface area contributed by atoms with Crippen LogP contribution < -0.4 is 38.3 Å². The minimum absolute atomic E-state index is 0.0111. The van der Waals surface area contributed by atoms with Crippen molar-refractivity contribution in [1.29, 1.82) is 0 Å². The van der Waals surface area contributed by atoms with Gasteiger partial charge >= 0.3 is 11.4 Å². The first-order valence-corrected chi connectivity index (χ1v) is 9.10. The van der Waals surface area contributed by atoms with Gasteiger partial charge in [-0.25, -0.2) is 14.6 Å². The summed E-state index contributed by atoms with van der Waals surface area (Å²) in [6.45, 7) is 0. The quantitative estimate of drug-likeness (QED) is 0.226. The number of ether oxygens (including phenoxy) is 1. The zero-order valence-corrected chi connectivity index (χ0v) is 16.0. The number of nitrogen functional groups attached to an aromatic ring is 1. The Morgan fingerprint density at radius 1 is 0.903 bits per heavy atom. The lowest BCUT2D eigenvalue weighted by atomic mass is 9.82. The lowest BCUT2D eigenvalue weighted by molar-refractivity contribution is 0.414. The Labute approximate surface area is 171 Å². The minimum atomic E-state index is -0.763. The summed E-state index contributed by atoms with van der Waals surface area (Å²) in [5.41, 5.74) is 4.84. The zero-order valence-electron chi connectivity index (χ0n) is 16.0. The van der Waals surface area contributed by atoms with Crippen LogP contribution in [0.5, 0.6) is 5.75 Å². The average Bonchev–Trinajstić information content (AvgIpc) is 2.71. The Balaban J connectivity index is 1.90. The third-order valence-electron chi connectivity index (χ3n) is 5.21. The van der Waals surface area contributed by atoms with Gasteiger partial charge in [0.1, 0.15) is 22.8 Å². The molecule has 4 heterocycles. The van der Waals surface area contributed by atoms with Crippen LogP contribution in [0, 0.1) is 0 Å². The molecule has 156 valence electrons. The lowest BCUT2D eigenvalue weighted by Gasteiger charge is -2.29. The smallest absolute Gasteiger partial charge is 0.327 e. The van der Waals surface area contributed by atoms with E-state index >= 15 is 0 Å². The molecule has 4 aromatic rings. The maximum absolute atomic E-state index is 12.8. The molecule has 0 amide bonds. The molecule has 0 radical (unpaired) electrons. The molecule has 0 aliphatic carbocycles. The number of aromatic amines is 4. The number of nitrogens with two attached hydrogens (primary N) is 1. The number of H-pyrrole nitrogens is 4. The van der Waals surface area contributed by atoms with Gasteiger partial charge in [0.05, 0.1) is 18.4 Å². The predicted octanol–water partition coefficient (Wildman–Crippen LogP) is -0.184. The van der Waals surface area contributed by atoms with Crippen LogP contribution in [0.15, 0.2) is 43.4 Å². The number of fused-ring (bicyclic) bond motifs is 3. The van der Waals surface area contributed by atoms with Crippen molar-refractivity contribution in [2.45, 2.75) is 5.92 Å². The molecular formula is C19H15N7O5. The third-order valence-corrected chi connectivity index (χ3v) is 5.21. The van der Waals surface area contributed by atoms with Crippen molar-refractivity contribution in [1.82, 2.24) is 24.9 Å². The number of nitrogens with zero attached hydrogens (tertiary/aromatic N) is 1. The second-order valence-electron chi connectivity index (χ2n) is 6.95. The fourth-order valence-electron chi connectivity index (χ4n) is 3.89. The van der Waals surface area contributed by atoms with Crippen molar-refractivity contribution in [3.05, 3.63) is 82.6 Å². The highest BCUT2D eigenvalue weighted by Crippen LogP contribution is 2.45. The van der Waals surface area contributed by atoms with Gasteiger partial charge in [-0.3, -0.25) is 29.5 Å². The molecule has 0 bridgehead atoms. The van der Waals surface area contributed by atoms with Gasteiger partial charge in [-0.1, -0.05) is 12.1 Å². The van der Waals surface area contributed by atoms with Crippen molar-refractivity contribution in [3.8, 4) is 5.75 Å². The van der Waals surface area contributed by atoms with E-state index in [1.165, 1.54) is 7.11 Å². The summed E-state index contributed by atoms with van der Waals surface area (Å²) in [6.07, 6.45) is 0. The van der Waals surface area contributed by atoms with Crippen molar-refractivity contribution < 1.29 is 4.74 Å². The molecule has 0 spiro atoms. The highest BCUT2D eigenvalue weighted by molar-refractivity contribution is 5.94. The van der Waals surface area contributed by atoms with E-state index in [0.29, 0.717) is 16.9 Å². The maximum Gasteiger partial charge on any atom is 0.327 e. The SMILES string of the molecule is COc1ccc(C2c3c(nc4[nH]c(=O)[nH]c(=O)c4c3N)Nc3[nH]c(=O)[nH]c(=O)c32)cc1. The summed E-state index contributed by atoms with van der Waals surface area (Å²) in [5, 5.41) is 2.88. The molecule has 1 atom stereocenters. The summed E-state index contributed by atoms with van der Waals surface area (Å²) < 4.78 is 5.20. The monoisotopic (exact) mass is 421 g/mol. The highest BCUT2D eigenvalue weighted by atomic mass is 16.5. The van der Waals surface area contributed by atoms with Crippen LogP contribution in [0.4, 0.5) is 17.3 Å². The minimum Gasteiger partial charge on any atom is -0.497 e. The number of pyridine rings is 1. The maximum atomic E-state index is 12.8. The number of aromatic nitrogens is 5. The number of benzene rings is 1. The number of methoxy groups -OCH3 is 1. The molecular weight excluding hydrogens is 406 g/mol. The van der Waals surface area contributed by atoms with Crippen molar-refractivity contribution in [2.75, 3.05) is 18.2 Å². The number of hydrogen-bond donors (Lipinski definition) is 6. The first kappa shape index (κ1) is 18.4. The van der Waals surface area contributed by atoms with Gasteiger partial charge < -0.3 is 15.8 Å². The van der Waals surface area contributed by atoms with E-state index in [-0.39, 0.29) is 33.9 Å². The summed E-state index contributed by atoms with van der Waals surface area (Å²) >= 11 is 0. The lowest BCUT2D eigenvalue weighted by Crippen LogP contribution is -2.33.